The first-order chi connectivity index (χ1) is 12.4. The predicted molar refractivity (Wildman–Crippen MR) is 101 cm³/mol. The second-order valence-electron chi connectivity index (χ2n) is 6.39. The van der Waals surface area contributed by atoms with E-state index in [-0.39, 0.29) is 12.0 Å². The lowest BCUT2D eigenvalue weighted by Crippen LogP contribution is -2.46. The van der Waals surface area contributed by atoms with Crippen molar-refractivity contribution in [3.63, 3.8) is 0 Å². The third kappa shape index (κ3) is 3.49. The van der Waals surface area contributed by atoms with E-state index in [1.165, 1.54) is 11.8 Å². The normalized spacial score (nSPS) is 20.0. The van der Waals surface area contributed by atoms with Gasteiger partial charge in [0.1, 0.15) is 5.75 Å². The zero-order valence-electron chi connectivity index (χ0n) is 15.3. The Morgan fingerprint density at radius 1 is 1.38 bits per heavy atom. The van der Waals surface area contributed by atoms with Gasteiger partial charge in [0.15, 0.2) is 5.17 Å². The first-order valence-electron chi connectivity index (χ1n) is 8.51. The van der Waals surface area contributed by atoms with Crippen LogP contribution in [0.1, 0.15) is 38.8 Å². The molecule has 2 aliphatic rings. The van der Waals surface area contributed by atoms with E-state index in [9.17, 15) is 9.59 Å². The molecule has 0 aromatic heterocycles. The lowest BCUT2D eigenvalue weighted by atomic mass is 9.94. The molecule has 7 heteroatoms. The van der Waals surface area contributed by atoms with Crippen LogP contribution in [0.5, 0.6) is 5.75 Å². The number of allylic oxidation sites excluding steroid dienone is 1. The monoisotopic (exact) mass is 374 g/mol. The number of ether oxygens (including phenoxy) is 2. The van der Waals surface area contributed by atoms with E-state index in [1.807, 2.05) is 24.3 Å². The number of benzene rings is 1. The molecule has 3 rings (SSSR count). The Balaban J connectivity index is 2.14. The highest BCUT2D eigenvalue weighted by Gasteiger charge is 2.41. The number of carbonyl (C=O) groups is 2. The summed E-state index contributed by atoms with van der Waals surface area (Å²) in [5, 5.41) is 0.632. The average molecular weight is 374 g/mol. The van der Waals surface area contributed by atoms with Gasteiger partial charge in [-0.1, -0.05) is 23.9 Å². The lowest BCUT2D eigenvalue weighted by Gasteiger charge is -2.39. The number of amidine groups is 1. The minimum atomic E-state index is -0.566. The summed E-state index contributed by atoms with van der Waals surface area (Å²) in [7, 11) is 1.59. The number of nitrogens with zero attached hydrogens (tertiary/aromatic N) is 2. The highest BCUT2D eigenvalue weighted by Crippen LogP contribution is 2.41. The van der Waals surface area contributed by atoms with Gasteiger partial charge in [-0.2, -0.15) is 0 Å². The van der Waals surface area contributed by atoms with Gasteiger partial charge in [0, 0.05) is 12.2 Å². The summed E-state index contributed by atoms with van der Waals surface area (Å²) < 4.78 is 10.8. The number of carbonyl (C=O) groups excluding carboxylic acids is 2. The summed E-state index contributed by atoms with van der Waals surface area (Å²) in [6.45, 7) is 5.38. The average Bonchev–Trinajstić information content (AvgIpc) is 2.60. The number of hydrogen-bond acceptors (Lipinski definition) is 6. The van der Waals surface area contributed by atoms with Crippen LogP contribution in [0, 0.1) is 0 Å². The van der Waals surface area contributed by atoms with Gasteiger partial charge >= 0.3 is 5.97 Å². The van der Waals surface area contributed by atoms with Crippen molar-refractivity contribution < 1.29 is 19.1 Å². The molecule has 0 saturated carbocycles. The van der Waals surface area contributed by atoms with E-state index >= 15 is 0 Å². The number of aliphatic imine (C=N–C) groups is 1. The van der Waals surface area contributed by atoms with E-state index in [4.69, 9.17) is 9.47 Å². The number of rotatable bonds is 4. The van der Waals surface area contributed by atoms with Crippen LogP contribution >= 0.6 is 11.8 Å². The van der Waals surface area contributed by atoms with Crippen LogP contribution in [-0.4, -0.2) is 40.9 Å². The highest BCUT2D eigenvalue weighted by molar-refractivity contribution is 8.14. The van der Waals surface area contributed by atoms with E-state index in [0.717, 1.165) is 5.56 Å². The lowest BCUT2D eigenvalue weighted by molar-refractivity contribution is -0.143. The molecule has 1 saturated heterocycles. The fourth-order valence-corrected chi connectivity index (χ4v) is 4.07. The Kier molecular flexibility index (Phi) is 5.36. The van der Waals surface area contributed by atoms with Gasteiger partial charge in [-0.25, -0.2) is 9.79 Å². The number of hydrogen-bond donors (Lipinski definition) is 0. The van der Waals surface area contributed by atoms with Crippen LogP contribution in [0.25, 0.3) is 0 Å². The van der Waals surface area contributed by atoms with Crippen molar-refractivity contribution in [1.29, 1.82) is 0 Å². The number of esters is 1. The molecular weight excluding hydrogens is 352 g/mol. The maximum absolute atomic E-state index is 12.8. The Bertz CT molecular complexity index is 800. The van der Waals surface area contributed by atoms with Gasteiger partial charge in [0.05, 0.1) is 30.5 Å². The molecule has 0 aliphatic carbocycles. The van der Waals surface area contributed by atoms with Crippen molar-refractivity contribution in [3.05, 3.63) is 41.1 Å². The van der Waals surface area contributed by atoms with Crippen LogP contribution in [0.2, 0.25) is 0 Å². The minimum Gasteiger partial charge on any atom is -0.497 e. The third-order valence-electron chi connectivity index (χ3n) is 4.18. The number of thioether (sulfide) groups is 1. The molecule has 0 unspecified atom stereocenters. The van der Waals surface area contributed by atoms with Gasteiger partial charge in [0.25, 0.3) is 0 Å². The van der Waals surface area contributed by atoms with Crippen LogP contribution in [-0.2, 0) is 14.3 Å². The molecule has 0 N–H and O–H groups in total. The van der Waals surface area contributed by atoms with Crippen LogP contribution in [0.4, 0.5) is 0 Å². The van der Waals surface area contributed by atoms with Gasteiger partial charge in [0.2, 0.25) is 5.91 Å². The van der Waals surface area contributed by atoms with Crippen LogP contribution in [0.15, 0.2) is 40.5 Å². The van der Waals surface area contributed by atoms with Gasteiger partial charge < -0.3 is 9.47 Å². The predicted octanol–water partition coefficient (Wildman–Crippen LogP) is 3.30. The zero-order chi connectivity index (χ0) is 18.8. The molecule has 138 valence electrons. The molecule has 2 heterocycles. The highest BCUT2D eigenvalue weighted by atomic mass is 32.2. The molecule has 1 fully saturated rings. The zero-order valence-corrected chi connectivity index (χ0v) is 16.1. The smallest absolute Gasteiger partial charge is 0.338 e. The van der Waals surface area contributed by atoms with Crippen molar-refractivity contribution in [1.82, 2.24) is 4.90 Å². The van der Waals surface area contributed by atoms with E-state index < -0.39 is 12.0 Å². The molecule has 1 aromatic rings. The van der Waals surface area contributed by atoms with Gasteiger partial charge in [-0.15, -0.1) is 0 Å². The molecule has 26 heavy (non-hydrogen) atoms. The Morgan fingerprint density at radius 3 is 2.85 bits per heavy atom. The van der Waals surface area contributed by atoms with Gasteiger partial charge in [-0.3, -0.25) is 9.69 Å². The van der Waals surface area contributed by atoms with Crippen molar-refractivity contribution in [2.45, 2.75) is 39.3 Å². The SMILES string of the molecule is COc1cccc([C@@H]2C(C(=O)OC(C)C)=C(C)N=C3SCCC(=O)N32)c1. The Hall–Kier alpha value is -2.28. The van der Waals surface area contributed by atoms with Crippen molar-refractivity contribution >= 4 is 28.8 Å². The molecule has 2 aliphatic heterocycles. The van der Waals surface area contributed by atoms with E-state index in [0.29, 0.717) is 34.4 Å². The summed E-state index contributed by atoms with van der Waals surface area (Å²) in [5.41, 5.74) is 1.77. The fraction of sp³-hybridized carbons (Fsp3) is 0.421. The molecule has 6 nitrogen and oxygen atoms in total. The Labute approximate surface area is 157 Å². The van der Waals surface area contributed by atoms with Gasteiger partial charge in [-0.05, 0) is 38.5 Å². The molecular formula is C19H22N2O4S. The first kappa shape index (κ1) is 18.5. The molecule has 0 radical (unpaired) electrons. The van der Waals surface area contributed by atoms with Crippen LogP contribution in [0.3, 0.4) is 0 Å². The summed E-state index contributed by atoms with van der Waals surface area (Å²) in [6.07, 6.45) is 0.154. The van der Waals surface area contributed by atoms with Crippen molar-refractivity contribution in [2.75, 3.05) is 12.9 Å². The van der Waals surface area contributed by atoms with Crippen molar-refractivity contribution in [2.24, 2.45) is 4.99 Å². The number of methoxy groups -OCH3 is 1. The molecule has 0 bridgehead atoms. The molecule has 1 aromatic carbocycles. The summed E-state index contributed by atoms with van der Waals surface area (Å²) >= 11 is 1.53. The first-order valence-corrected chi connectivity index (χ1v) is 9.50. The Morgan fingerprint density at radius 2 is 2.15 bits per heavy atom. The summed E-state index contributed by atoms with van der Waals surface area (Å²) in [5.74, 6) is 0.866. The molecule has 1 amide bonds. The maximum Gasteiger partial charge on any atom is 0.338 e. The summed E-state index contributed by atoms with van der Waals surface area (Å²) in [4.78, 5) is 31.6. The fourth-order valence-electron chi connectivity index (χ4n) is 3.06. The maximum atomic E-state index is 12.8. The number of fused-ring (bicyclic) bond motifs is 1. The standard InChI is InChI=1S/C19H22N2O4S/c1-11(2)25-18(23)16-12(3)20-19-21(15(22)8-9-26-19)17(16)13-6-5-7-14(10-13)24-4/h5-7,10-11,17H,8-9H2,1-4H3/t17-/m1/s1. The molecule has 0 spiro atoms. The largest absolute Gasteiger partial charge is 0.497 e. The van der Waals surface area contributed by atoms with E-state index in [2.05, 4.69) is 4.99 Å². The topological polar surface area (TPSA) is 68.2 Å². The second-order valence-corrected chi connectivity index (χ2v) is 7.45. The third-order valence-corrected chi connectivity index (χ3v) is 5.13. The quantitative estimate of drug-likeness (QED) is 0.757. The second kappa shape index (κ2) is 7.53. The van der Waals surface area contributed by atoms with E-state index in [1.54, 1.807) is 32.8 Å². The van der Waals surface area contributed by atoms with Crippen LogP contribution < -0.4 is 4.74 Å². The summed E-state index contributed by atoms with van der Waals surface area (Å²) in [6, 6.07) is 6.84. The number of amides is 1. The minimum absolute atomic E-state index is 0.0438. The van der Waals surface area contributed by atoms with Crippen molar-refractivity contribution in [3.8, 4) is 5.75 Å². The molecule has 1 atom stereocenters.